The molecule has 0 amide bonds. The van der Waals surface area contributed by atoms with Gasteiger partial charge in [0, 0.05) is 36.1 Å². The predicted octanol–water partition coefficient (Wildman–Crippen LogP) is 5.14. The predicted molar refractivity (Wildman–Crippen MR) is 109 cm³/mol. The SMILES string of the molecule is Cc1cc2c(cc1-c1ccnc(N3CCCCC3)n1)[C@@H](C)CC(C)(C)N2. The van der Waals surface area contributed by atoms with Crippen LogP contribution in [0.5, 0.6) is 0 Å². The van der Waals surface area contributed by atoms with E-state index in [-0.39, 0.29) is 5.54 Å². The zero-order valence-corrected chi connectivity index (χ0v) is 16.5. The molecule has 4 heteroatoms. The third-order valence-electron chi connectivity index (χ3n) is 5.77. The van der Waals surface area contributed by atoms with Crippen LogP contribution < -0.4 is 10.2 Å². The van der Waals surface area contributed by atoms with Gasteiger partial charge in [-0.05, 0) is 81.7 Å². The molecule has 4 nitrogen and oxygen atoms in total. The molecule has 1 fully saturated rings. The number of fused-ring (bicyclic) bond motifs is 1. The van der Waals surface area contributed by atoms with Crippen LogP contribution >= 0.6 is 0 Å². The van der Waals surface area contributed by atoms with Crippen LogP contribution in [0.1, 0.15) is 63.5 Å². The summed E-state index contributed by atoms with van der Waals surface area (Å²) in [6, 6.07) is 6.69. The Bertz CT molecular complexity index is 806. The number of piperidine rings is 1. The van der Waals surface area contributed by atoms with Gasteiger partial charge in [0.25, 0.3) is 0 Å². The molecule has 2 aliphatic heterocycles. The fraction of sp³-hybridized carbons (Fsp3) is 0.545. The van der Waals surface area contributed by atoms with Gasteiger partial charge in [0.1, 0.15) is 0 Å². The Morgan fingerprint density at radius 3 is 2.69 bits per heavy atom. The van der Waals surface area contributed by atoms with Crippen LogP contribution in [0, 0.1) is 6.92 Å². The van der Waals surface area contributed by atoms with Gasteiger partial charge in [0.2, 0.25) is 5.95 Å². The van der Waals surface area contributed by atoms with Gasteiger partial charge < -0.3 is 10.2 Å². The number of aryl methyl sites for hydroxylation is 1. The molecule has 2 aromatic rings. The molecule has 138 valence electrons. The van der Waals surface area contributed by atoms with Gasteiger partial charge in [-0.1, -0.05) is 6.92 Å². The standard InChI is InChI=1S/C22H30N4/c1-15-12-20-18(16(2)14-22(3,4)25-20)13-17(15)19-8-9-23-21(24-19)26-10-6-5-7-11-26/h8-9,12-13,16,25H,5-7,10-11,14H2,1-4H3/t16-/m0/s1. The Hall–Kier alpha value is -2.10. The van der Waals surface area contributed by atoms with E-state index in [1.165, 1.54) is 41.6 Å². The molecule has 3 heterocycles. The summed E-state index contributed by atoms with van der Waals surface area (Å²) in [4.78, 5) is 11.8. The number of hydrogen-bond donors (Lipinski definition) is 1. The van der Waals surface area contributed by atoms with E-state index in [2.05, 4.69) is 55.0 Å². The molecular weight excluding hydrogens is 320 g/mol. The smallest absolute Gasteiger partial charge is 0.225 e. The Morgan fingerprint density at radius 2 is 1.92 bits per heavy atom. The summed E-state index contributed by atoms with van der Waals surface area (Å²) in [5, 5.41) is 3.71. The number of anilines is 2. The maximum atomic E-state index is 4.92. The lowest BCUT2D eigenvalue weighted by atomic mass is 9.80. The molecule has 0 spiro atoms. The first kappa shape index (κ1) is 17.3. The molecule has 1 aromatic carbocycles. The molecule has 0 bridgehead atoms. The molecule has 1 aromatic heterocycles. The van der Waals surface area contributed by atoms with Crippen LogP contribution in [0.25, 0.3) is 11.3 Å². The van der Waals surface area contributed by atoms with Crippen molar-refractivity contribution >= 4 is 11.6 Å². The average molecular weight is 351 g/mol. The van der Waals surface area contributed by atoms with Crippen molar-refractivity contribution in [1.82, 2.24) is 9.97 Å². The quantitative estimate of drug-likeness (QED) is 0.814. The topological polar surface area (TPSA) is 41.1 Å². The number of nitrogens with one attached hydrogen (secondary N) is 1. The zero-order valence-electron chi connectivity index (χ0n) is 16.5. The summed E-state index contributed by atoms with van der Waals surface area (Å²) in [5.41, 5.74) is 6.37. The molecule has 2 aliphatic rings. The minimum Gasteiger partial charge on any atom is -0.380 e. The molecule has 26 heavy (non-hydrogen) atoms. The molecular formula is C22H30N4. The number of nitrogens with zero attached hydrogens (tertiary/aromatic N) is 3. The summed E-state index contributed by atoms with van der Waals surface area (Å²) in [6.45, 7) is 11.2. The van der Waals surface area contributed by atoms with E-state index in [9.17, 15) is 0 Å². The van der Waals surface area contributed by atoms with Crippen LogP contribution in [0.3, 0.4) is 0 Å². The van der Waals surface area contributed by atoms with E-state index < -0.39 is 0 Å². The van der Waals surface area contributed by atoms with E-state index in [1.807, 2.05) is 12.3 Å². The lowest BCUT2D eigenvalue weighted by molar-refractivity contribution is 0.454. The van der Waals surface area contributed by atoms with E-state index in [0.717, 1.165) is 31.2 Å². The van der Waals surface area contributed by atoms with Crippen molar-refractivity contribution < 1.29 is 0 Å². The minimum absolute atomic E-state index is 0.150. The molecule has 4 rings (SSSR count). The molecule has 1 saturated heterocycles. The van der Waals surface area contributed by atoms with Crippen molar-refractivity contribution in [2.45, 2.75) is 64.8 Å². The minimum atomic E-state index is 0.150. The largest absolute Gasteiger partial charge is 0.380 e. The highest BCUT2D eigenvalue weighted by Gasteiger charge is 2.30. The number of aromatic nitrogens is 2. The number of benzene rings is 1. The van der Waals surface area contributed by atoms with Crippen LogP contribution in [0.4, 0.5) is 11.6 Å². The fourth-order valence-corrected chi connectivity index (χ4v) is 4.55. The van der Waals surface area contributed by atoms with Crippen molar-refractivity contribution in [1.29, 1.82) is 0 Å². The van der Waals surface area contributed by atoms with Crippen LogP contribution in [-0.2, 0) is 0 Å². The van der Waals surface area contributed by atoms with Gasteiger partial charge in [-0.2, -0.15) is 0 Å². The number of rotatable bonds is 2. The maximum Gasteiger partial charge on any atom is 0.225 e. The van der Waals surface area contributed by atoms with Crippen molar-refractivity contribution in [2.24, 2.45) is 0 Å². The second-order valence-corrected chi connectivity index (χ2v) is 8.66. The Kier molecular flexibility index (Phi) is 4.37. The Balaban J connectivity index is 1.71. The van der Waals surface area contributed by atoms with Gasteiger partial charge in [-0.3, -0.25) is 0 Å². The van der Waals surface area contributed by atoms with Crippen LogP contribution in [0.2, 0.25) is 0 Å². The third kappa shape index (κ3) is 3.29. The maximum absolute atomic E-state index is 4.92. The monoisotopic (exact) mass is 350 g/mol. The molecule has 1 N–H and O–H groups in total. The fourth-order valence-electron chi connectivity index (χ4n) is 4.55. The average Bonchev–Trinajstić information content (AvgIpc) is 2.61. The van der Waals surface area contributed by atoms with Crippen molar-refractivity contribution in [3.8, 4) is 11.3 Å². The van der Waals surface area contributed by atoms with Crippen molar-refractivity contribution in [3.63, 3.8) is 0 Å². The van der Waals surface area contributed by atoms with Crippen molar-refractivity contribution in [2.75, 3.05) is 23.3 Å². The molecule has 1 atom stereocenters. The highest BCUT2D eigenvalue weighted by Crippen LogP contribution is 2.41. The lowest BCUT2D eigenvalue weighted by Gasteiger charge is -2.38. The van der Waals surface area contributed by atoms with Gasteiger partial charge in [-0.15, -0.1) is 0 Å². The highest BCUT2D eigenvalue weighted by atomic mass is 15.2. The third-order valence-corrected chi connectivity index (χ3v) is 5.77. The van der Waals surface area contributed by atoms with Gasteiger partial charge in [0.05, 0.1) is 5.69 Å². The van der Waals surface area contributed by atoms with E-state index in [1.54, 1.807) is 0 Å². The molecule has 0 aliphatic carbocycles. The second kappa shape index (κ2) is 6.57. The summed E-state index contributed by atoms with van der Waals surface area (Å²) in [7, 11) is 0. The first-order chi connectivity index (χ1) is 12.4. The summed E-state index contributed by atoms with van der Waals surface area (Å²) < 4.78 is 0. The van der Waals surface area contributed by atoms with E-state index in [0.29, 0.717) is 5.92 Å². The summed E-state index contributed by atoms with van der Waals surface area (Å²) >= 11 is 0. The summed E-state index contributed by atoms with van der Waals surface area (Å²) in [6.07, 6.45) is 6.86. The van der Waals surface area contributed by atoms with Crippen molar-refractivity contribution in [3.05, 3.63) is 35.5 Å². The lowest BCUT2D eigenvalue weighted by Crippen LogP contribution is -2.36. The highest BCUT2D eigenvalue weighted by molar-refractivity contribution is 5.72. The Morgan fingerprint density at radius 1 is 1.15 bits per heavy atom. The molecule has 0 unspecified atom stereocenters. The molecule has 0 radical (unpaired) electrons. The molecule has 0 saturated carbocycles. The second-order valence-electron chi connectivity index (χ2n) is 8.66. The van der Waals surface area contributed by atoms with E-state index in [4.69, 9.17) is 4.98 Å². The van der Waals surface area contributed by atoms with Gasteiger partial charge >= 0.3 is 0 Å². The first-order valence-electron chi connectivity index (χ1n) is 9.94. The summed E-state index contributed by atoms with van der Waals surface area (Å²) in [5.74, 6) is 1.43. The number of hydrogen-bond acceptors (Lipinski definition) is 4. The van der Waals surface area contributed by atoms with Gasteiger partial charge in [0.15, 0.2) is 0 Å². The van der Waals surface area contributed by atoms with Gasteiger partial charge in [-0.25, -0.2) is 9.97 Å². The van der Waals surface area contributed by atoms with Crippen LogP contribution in [0.15, 0.2) is 24.4 Å². The Labute approximate surface area is 157 Å². The zero-order chi connectivity index (χ0) is 18.3. The normalized spacial score (nSPS) is 21.8. The van der Waals surface area contributed by atoms with Crippen LogP contribution in [-0.4, -0.2) is 28.6 Å². The van der Waals surface area contributed by atoms with E-state index >= 15 is 0 Å². The first-order valence-corrected chi connectivity index (χ1v) is 9.94.